The van der Waals surface area contributed by atoms with Crippen molar-refractivity contribution in [3.63, 3.8) is 0 Å². The molecule has 0 radical (unpaired) electrons. The van der Waals surface area contributed by atoms with Crippen molar-refractivity contribution in [1.82, 2.24) is 0 Å². The van der Waals surface area contributed by atoms with Gasteiger partial charge >= 0.3 is 5.63 Å². The van der Waals surface area contributed by atoms with Gasteiger partial charge < -0.3 is 18.6 Å². The van der Waals surface area contributed by atoms with E-state index < -0.39 is 0 Å². The van der Waals surface area contributed by atoms with Crippen molar-refractivity contribution < 1.29 is 18.6 Å². The average Bonchev–Trinajstić information content (AvgIpc) is 3.11. The average molecular weight is 421 g/mol. The predicted octanol–water partition coefficient (Wildman–Crippen LogP) is 5.75. The van der Waals surface area contributed by atoms with Crippen molar-refractivity contribution in [2.24, 2.45) is 0 Å². The third-order valence-corrected chi connectivity index (χ3v) is 5.25. The summed E-state index contributed by atoms with van der Waals surface area (Å²) in [7, 11) is 0. The Morgan fingerprint density at radius 1 is 1.00 bits per heavy atom. The van der Waals surface area contributed by atoms with Crippen LogP contribution >= 0.6 is 23.2 Å². The molecular weight excluding hydrogens is 403 g/mol. The number of hydrogen-bond donors (Lipinski definition) is 0. The van der Waals surface area contributed by atoms with Crippen LogP contribution in [0.1, 0.15) is 30.9 Å². The summed E-state index contributed by atoms with van der Waals surface area (Å²) in [6.45, 7) is 2.46. The summed E-state index contributed by atoms with van der Waals surface area (Å²) < 4.78 is 21.9. The van der Waals surface area contributed by atoms with Crippen LogP contribution in [0, 0.1) is 0 Å². The van der Waals surface area contributed by atoms with Crippen LogP contribution in [0.4, 0.5) is 0 Å². The SMILES string of the molecule is CCCCc1cc(=O)oc2cc(OCc3cc4c(cc3Cl)OCO4)c(Cl)cc12. The Balaban J connectivity index is 1.63. The van der Waals surface area contributed by atoms with E-state index >= 15 is 0 Å². The third kappa shape index (κ3) is 3.77. The normalized spacial score (nSPS) is 12.5. The minimum Gasteiger partial charge on any atom is -0.487 e. The molecule has 2 heterocycles. The molecule has 5 nitrogen and oxygen atoms in total. The van der Waals surface area contributed by atoms with Crippen molar-refractivity contribution in [3.8, 4) is 17.2 Å². The molecule has 7 heteroatoms. The first-order valence-electron chi connectivity index (χ1n) is 9.02. The smallest absolute Gasteiger partial charge is 0.336 e. The van der Waals surface area contributed by atoms with Crippen molar-refractivity contribution >= 4 is 34.2 Å². The second-order valence-corrected chi connectivity index (χ2v) is 7.37. The lowest BCUT2D eigenvalue weighted by Gasteiger charge is -2.12. The van der Waals surface area contributed by atoms with Gasteiger partial charge in [0.25, 0.3) is 0 Å². The first-order valence-corrected chi connectivity index (χ1v) is 9.78. The Labute approximate surface area is 171 Å². The highest BCUT2D eigenvalue weighted by molar-refractivity contribution is 6.33. The van der Waals surface area contributed by atoms with Crippen molar-refractivity contribution in [2.45, 2.75) is 32.8 Å². The van der Waals surface area contributed by atoms with Gasteiger partial charge in [0, 0.05) is 29.1 Å². The molecule has 0 spiro atoms. The molecule has 4 rings (SSSR count). The summed E-state index contributed by atoms with van der Waals surface area (Å²) in [5.41, 5.74) is 1.74. The Hall–Kier alpha value is -2.37. The summed E-state index contributed by atoms with van der Waals surface area (Å²) in [6.07, 6.45) is 2.81. The molecule has 1 aromatic heterocycles. The predicted molar refractivity (Wildman–Crippen MR) is 108 cm³/mol. The summed E-state index contributed by atoms with van der Waals surface area (Å²) in [4.78, 5) is 11.9. The Bertz CT molecular complexity index is 1090. The Morgan fingerprint density at radius 2 is 1.79 bits per heavy atom. The van der Waals surface area contributed by atoms with Crippen LogP contribution in [0.25, 0.3) is 11.0 Å². The number of rotatable bonds is 6. The van der Waals surface area contributed by atoms with Crippen LogP contribution in [0.15, 0.2) is 39.5 Å². The van der Waals surface area contributed by atoms with Gasteiger partial charge in [0.05, 0.1) is 10.0 Å². The molecule has 2 aromatic carbocycles. The summed E-state index contributed by atoms with van der Waals surface area (Å²) in [5.74, 6) is 1.65. The molecule has 0 atom stereocenters. The topological polar surface area (TPSA) is 57.9 Å². The van der Waals surface area contributed by atoms with Crippen molar-refractivity contribution in [1.29, 1.82) is 0 Å². The summed E-state index contributed by atoms with van der Waals surface area (Å²) in [5, 5.41) is 1.78. The lowest BCUT2D eigenvalue weighted by Crippen LogP contribution is -2.02. The fourth-order valence-corrected chi connectivity index (χ4v) is 3.56. The number of halogens is 2. The quantitative estimate of drug-likeness (QED) is 0.475. The Kier molecular flexibility index (Phi) is 5.38. The highest BCUT2D eigenvalue weighted by Gasteiger charge is 2.17. The van der Waals surface area contributed by atoms with Crippen LogP contribution in [0.2, 0.25) is 10.0 Å². The van der Waals surface area contributed by atoms with Crippen LogP contribution in [-0.2, 0) is 13.0 Å². The third-order valence-electron chi connectivity index (χ3n) is 4.61. The maximum Gasteiger partial charge on any atom is 0.336 e. The van der Waals surface area contributed by atoms with Gasteiger partial charge in [-0.1, -0.05) is 36.5 Å². The molecule has 0 saturated heterocycles. The fourth-order valence-electron chi connectivity index (χ4n) is 3.14. The molecule has 146 valence electrons. The van der Waals surface area contributed by atoms with Gasteiger partial charge in [0.15, 0.2) is 11.5 Å². The van der Waals surface area contributed by atoms with Gasteiger partial charge in [0.2, 0.25) is 6.79 Å². The molecule has 1 aliphatic heterocycles. The maximum absolute atomic E-state index is 11.9. The number of ether oxygens (including phenoxy) is 3. The largest absolute Gasteiger partial charge is 0.487 e. The second-order valence-electron chi connectivity index (χ2n) is 6.56. The number of benzene rings is 2. The van der Waals surface area contributed by atoms with Gasteiger partial charge in [-0.15, -0.1) is 0 Å². The number of hydrogen-bond acceptors (Lipinski definition) is 5. The van der Waals surface area contributed by atoms with Gasteiger partial charge in [0.1, 0.15) is 17.9 Å². The van der Waals surface area contributed by atoms with Gasteiger partial charge in [-0.2, -0.15) is 0 Å². The first-order chi connectivity index (χ1) is 13.5. The van der Waals surface area contributed by atoms with E-state index in [0.29, 0.717) is 32.9 Å². The van der Waals surface area contributed by atoms with E-state index in [1.165, 1.54) is 6.07 Å². The van der Waals surface area contributed by atoms with E-state index in [2.05, 4.69) is 6.92 Å². The van der Waals surface area contributed by atoms with Crippen molar-refractivity contribution in [2.75, 3.05) is 6.79 Å². The zero-order chi connectivity index (χ0) is 19.7. The van der Waals surface area contributed by atoms with Gasteiger partial charge in [-0.05, 0) is 30.5 Å². The van der Waals surface area contributed by atoms with Gasteiger partial charge in [-0.3, -0.25) is 0 Å². The molecule has 0 amide bonds. The fraction of sp³-hybridized carbons (Fsp3) is 0.286. The van der Waals surface area contributed by atoms with E-state index in [1.807, 2.05) is 0 Å². The molecule has 3 aromatic rings. The second kappa shape index (κ2) is 7.94. The highest BCUT2D eigenvalue weighted by Crippen LogP contribution is 2.38. The van der Waals surface area contributed by atoms with Crippen molar-refractivity contribution in [3.05, 3.63) is 61.9 Å². The molecule has 1 aliphatic rings. The molecule has 0 aliphatic carbocycles. The van der Waals surface area contributed by atoms with Crippen LogP contribution in [0.5, 0.6) is 17.2 Å². The van der Waals surface area contributed by atoms with Crippen LogP contribution in [-0.4, -0.2) is 6.79 Å². The molecular formula is C21H18Cl2O5. The highest BCUT2D eigenvalue weighted by atomic mass is 35.5. The Morgan fingerprint density at radius 3 is 2.57 bits per heavy atom. The van der Waals surface area contributed by atoms with Crippen LogP contribution in [0.3, 0.4) is 0 Å². The zero-order valence-corrected chi connectivity index (χ0v) is 16.7. The minimum atomic E-state index is -0.384. The van der Waals surface area contributed by atoms with E-state index in [4.69, 9.17) is 41.8 Å². The first kappa shape index (κ1) is 19.0. The molecule has 0 saturated carbocycles. The van der Waals surface area contributed by atoms with E-state index in [1.54, 1.807) is 24.3 Å². The van der Waals surface area contributed by atoms with E-state index in [9.17, 15) is 4.79 Å². The van der Waals surface area contributed by atoms with E-state index in [0.717, 1.165) is 35.8 Å². The number of aryl methyl sites for hydroxylation is 1. The number of fused-ring (bicyclic) bond motifs is 2. The standard InChI is InChI=1S/C21H18Cl2O5/c1-2-3-4-12-6-21(24)28-17-9-18(16(23)7-14(12)17)25-10-13-5-19-20(8-15(13)22)27-11-26-19/h5-9H,2-4,10-11H2,1H3. The zero-order valence-electron chi connectivity index (χ0n) is 15.2. The summed E-state index contributed by atoms with van der Waals surface area (Å²) >= 11 is 12.7. The molecule has 0 bridgehead atoms. The summed E-state index contributed by atoms with van der Waals surface area (Å²) in [6, 6.07) is 8.43. The maximum atomic E-state index is 11.9. The molecule has 0 fully saturated rings. The number of unbranched alkanes of at least 4 members (excludes halogenated alkanes) is 1. The van der Waals surface area contributed by atoms with Crippen LogP contribution < -0.4 is 19.8 Å². The molecule has 0 unspecified atom stereocenters. The van der Waals surface area contributed by atoms with E-state index in [-0.39, 0.29) is 19.0 Å². The van der Waals surface area contributed by atoms with Gasteiger partial charge in [-0.25, -0.2) is 4.79 Å². The molecule has 0 N–H and O–H groups in total. The lowest BCUT2D eigenvalue weighted by molar-refractivity contribution is 0.174. The lowest BCUT2D eigenvalue weighted by atomic mass is 10.0. The minimum absolute atomic E-state index is 0.172. The monoisotopic (exact) mass is 420 g/mol. The molecule has 28 heavy (non-hydrogen) atoms.